The molecule has 0 bridgehead atoms. The van der Waals surface area contributed by atoms with Gasteiger partial charge in [0.25, 0.3) is 0 Å². The molecule has 0 spiro atoms. The lowest BCUT2D eigenvalue weighted by molar-refractivity contribution is 0.616. The first-order valence-electron chi connectivity index (χ1n) is 4.67. The second-order valence-electron chi connectivity index (χ2n) is 4.04. The minimum atomic E-state index is 0.179. The fourth-order valence-electron chi connectivity index (χ4n) is 1.58. The Balaban J connectivity index is 2.34. The Labute approximate surface area is 84.0 Å². The van der Waals surface area contributed by atoms with E-state index in [4.69, 9.17) is 0 Å². The molecule has 0 atom stereocenters. The highest BCUT2D eigenvalue weighted by Gasteiger charge is 2.18. The third-order valence-corrected chi connectivity index (χ3v) is 3.31. The van der Waals surface area contributed by atoms with Crippen molar-refractivity contribution in [3.8, 4) is 0 Å². The van der Waals surface area contributed by atoms with E-state index in [9.17, 15) is 0 Å². The molecule has 0 unspecified atom stereocenters. The van der Waals surface area contributed by atoms with Gasteiger partial charge in [-0.3, -0.25) is 0 Å². The van der Waals surface area contributed by atoms with Crippen molar-refractivity contribution in [1.82, 2.24) is 5.32 Å². The molecular weight excluding hydrogens is 178 g/mol. The number of hydrogen-bond donors (Lipinski definition) is 1. The maximum atomic E-state index is 3.45. The molecule has 0 aromatic rings. The second kappa shape index (κ2) is 3.26. The Hall–Kier alpha value is -0.630. The smallest absolute Gasteiger partial charge is 0.0446 e. The average molecular weight is 193 g/mol. The number of thioether (sulfide) groups is 1. The summed E-state index contributed by atoms with van der Waals surface area (Å²) in [5.74, 6) is 1.18. The van der Waals surface area contributed by atoms with Crippen molar-refractivity contribution in [3.63, 3.8) is 0 Å². The molecule has 1 nitrogen and oxygen atoms in total. The molecule has 2 rings (SSSR count). The number of fused-ring (bicyclic) bond motifs is 1. The van der Waals surface area contributed by atoms with Gasteiger partial charge in [0.05, 0.1) is 0 Å². The molecule has 0 saturated carbocycles. The minimum Gasteiger partial charge on any atom is -0.384 e. The van der Waals surface area contributed by atoms with Crippen LogP contribution in [0.2, 0.25) is 0 Å². The lowest BCUT2D eigenvalue weighted by Crippen LogP contribution is -2.23. The van der Waals surface area contributed by atoms with Crippen LogP contribution >= 0.6 is 11.8 Å². The quantitative estimate of drug-likeness (QED) is 0.635. The molecule has 1 N–H and O–H groups in total. The van der Waals surface area contributed by atoms with Gasteiger partial charge < -0.3 is 5.32 Å². The first kappa shape index (κ1) is 8.95. The van der Waals surface area contributed by atoms with Gasteiger partial charge in [0, 0.05) is 28.3 Å². The zero-order valence-corrected chi connectivity index (χ0v) is 8.95. The average Bonchev–Trinajstić information content (AvgIpc) is 2.21. The van der Waals surface area contributed by atoms with Crippen LogP contribution in [0.15, 0.2) is 34.9 Å². The molecule has 70 valence electrons. The zero-order valence-electron chi connectivity index (χ0n) is 8.13. The summed E-state index contributed by atoms with van der Waals surface area (Å²) in [6.07, 6.45) is 8.93. The van der Waals surface area contributed by atoms with Gasteiger partial charge in [-0.2, -0.15) is 0 Å². The molecule has 2 heteroatoms. The standard InChI is InChI=1S/C11H15NS/c1-11(2)5-3-4-10-9(8-11)12-6-7-13-10/h3-5,8,12H,6-7H2,1-2H3. The Morgan fingerprint density at radius 2 is 2.31 bits per heavy atom. The third-order valence-electron chi connectivity index (χ3n) is 2.23. The Bertz CT molecular complexity index is 297. The van der Waals surface area contributed by atoms with E-state index in [-0.39, 0.29) is 5.41 Å². The molecule has 0 amide bonds. The minimum absolute atomic E-state index is 0.179. The van der Waals surface area contributed by atoms with Crippen molar-refractivity contribution in [3.05, 3.63) is 34.9 Å². The summed E-state index contributed by atoms with van der Waals surface area (Å²) in [6.45, 7) is 5.55. The summed E-state index contributed by atoms with van der Waals surface area (Å²) in [6, 6.07) is 0. The van der Waals surface area contributed by atoms with E-state index in [1.807, 2.05) is 11.8 Å². The summed E-state index contributed by atoms with van der Waals surface area (Å²) in [4.78, 5) is 1.38. The van der Waals surface area contributed by atoms with Gasteiger partial charge in [-0.25, -0.2) is 0 Å². The second-order valence-corrected chi connectivity index (χ2v) is 5.18. The monoisotopic (exact) mass is 193 g/mol. The zero-order chi connectivity index (χ0) is 9.31. The lowest BCUT2D eigenvalue weighted by Gasteiger charge is -2.22. The van der Waals surface area contributed by atoms with Crippen LogP contribution in [0.3, 0.4) is 0 Å². The predicted molar refractivity (Wildman–Crippen MR) is 59.5 cm³/mol. The fraction of sp³-hybridized carbons (Fsp3) is 0.455. The van der Waals surface area contributed by atoms with Crippen LogP contribution in [0.4, 0.5) is 0 Å². The summed E-state index contributed by atoms with van der Waals surface area (Å²) < 4.78 is 0. The third kappa shape index (κ3) is 1.99. The van der Waals surface area contributed by atoms with Crippen LogP contribution in [0.5, 0.6) is 0 Å². The van der Waals surface area contributed by atoms with Crippen molar-refractivity contribution >= 4 is 11.8 Å². The van der Waals surface area contributed by atoms with Gasteiger partial charge in [0.1, 0.15) is 0 Å². The van der Waals surface area contributed by atoms with Gasteiger partial charge >= 0.3 is 0 Å². The first-order valence-corrected chi connectivity index (χ1v) is 5.65. The summed E-state index contributed by atoms with van der Waals surface area (Å²) >= 11 is 1.94. The van der Waals surface area contributed by atoms with E-state index in [1.165, 1.54) is 16.4 Å². The Kier molecular flexibility index (Phi) is 2.24. The van der Waals surface area contributed by atoms with Gasteiger partial charge in [0.2, 0.25) is 0 Å². The molecule has 1 saturated heterocycles. The van der Waals surface area contributed by atoms with Gasteiger partial charge in [0.15, 0.2) is 0 Å². The SMILES string of the molecule is CC1(C)C=CC=C2SCCNC2=C1. The molecule has 13 heavy (non-hydrogen) atoms. The van der Waals surface area contributed by atoms with E-state index in [0.717, 1.165) is 6.54 Å². The molecule has 1 aliphatic heterocycles. The van der Waals surface area contributed by atoms with Crippen LogP contribution in [0.25, 0.3) is 0 Å². The maximum absolute atomic E-state index is 3.45. The van der Waals surface area contributed by atoms with Crippen molar-refractivity contribution in [1.29, 1.82) is 0 Å². The van der Waals surface area contributed by atoms with Crippen molar-refractivity contribution in [2.24, 2.45) is 5.41 Å². The van der Waals surface area contributed by atoms with Gasteiger partial charge in [-0.05, 0) is 6.08 Å². The summed E-state index contributed by atoms with van der Waals surface area (Å²) in [5, 5.41) is 3.45. The molecule has 1 fully saturated rings. The van der Waals surface area contributed by atoms with E-state index in [0.29, 0.717) is 0 Å². The topological polar surface area (TPSA) is 12.0 Å². The van der Waals surface area contributed by atoms with Crippen LogP contribution in [-0.2, 0) is 0 Å². The summed E-state index contributed by atoms with van der Waals surface area (Å²) in [5.41, 5.74) is 1.49. The highest BCUT2D eigenvalue weighted by Crippen LogP contribution is 2.32. The first-order chi connectivity index (χ1) is 6.17. The number of nitrogens with one attached hydrogen (secondary N) is 1. The normalized spacial score (nSPS) is 25.1. The predicted octanol–water partition coefficient (Wildman–Crippen LogP) is 2.69. The van der Waals surface area contributed by atoms with Crippen LogP contribution < -0.4 is 5.32 Å². The van der Waals surface area contributed by atoms with Crippen molar-refractivity contribution in [2.45, 2.75) is 13.8 Å². The molecule has 0 aromatic carbocycles. The maximum Gasteiger partial charge on any atom is 0.0446 e. The van der Waals surface area contributed by atoms with E-state index >= 15 is 0 Å². The molecule has 2 aliphatic rings. The van der Waals surface area contributed by atoms with Crippen LogP contribution in [0.1, 0.15) is 13.8 Å². The van der Waals surface area contributed by atoms with Crippen molar-refractivity contribution in [2.75, 3.05) is 12.3 Å². The molecule has 1 aliphatic carbocycles. The largest absolute Gasteiger partial charge is 0.384 e. The number of allylic oxidation sites excluding steroid dienone is 4. The highest BCUT2D eigenvalue weighted by molar-refractivity contribution is 8.03. The Morgan fingerprint density at radius 1 is 1.46 bits per heavy atom. The summed E-state index contributed by atoms with van der Waals surface area (Å²) in [7, 11) is 0. The van der Waals surface area contributed by atoms with E-state index < -0.39 is 0 Å². The van der Waals surface area contributed by atoms with E-state index in [2.05, 4.69) is 43.5 Å². The fourth-order valence-corrected chi connectivity index (χ4v) is 2.46. The molecular formula is C11H15NS. The van der Waals surface area contributed by atoms with Crippen molar-refractivity contribution < 1.29 is 0 Å². The van der Waals surface area contributed by atoms with Gasteiger partial charge in [-0.15, -0.1) is 11.8 Å². The molecule has 0 radical (unpaired) electrons. The van der Waals surface area contributed by atoms with Crippen LogP contribution in [-0.4, -0.2) is 12.3 Å². The number of rotatable bonds is 0. The van der Waals surface area contributed by atoms with Gasteiger partial charge in [-0.1, -0.05) is 32.1 Å². The number of hydrogen-bond acceptors (Lipinski definition) is 2. The Morgan fingerprint density at radius 3 is 3.15 bits per heavy atom. The highest BCUT2D eigenvalue weighted by atomic mass is 32.2. The van der Waals surface area contributed by atoms with E-state index in [1.54, 1.807) is 0 Å². The van der Waals surface area contributed by atoms with Crippen LogP contribution in [0, 0.1) is 5.41 Å². The lowest BCUT2D eigenvalue weighted by atomic mass is 9.92. The molecule has 1 heterocycles. The molecule has 0 aromatic heterocycles.